The van der Waals surface area contributed by atoms with Crippen molar-refractivity contribution in [1.82, 2.24) is 0 Å². The van der Waals surface area contributed by atoms with E-state index in [1.807, 2.05) is 0 Å². The fraction of sp³-hybridized carbons (Fsp3) is 0.455. The summed E-state index contributed by atoms with van der Waals surface area (Å²) < 4.78 is 12.3. The van der Waals surface area contributed by atoms with Crippen molar-refractivity contribution in [3.05, 3.63) is 54.1 Å². The summed E-state index contributed by atoms with van der Waals surface area (Å²) in [6, 6.07) is 17.3. The van der Waals surface area contributed by atoms with E-state index in [0.717, 1.165) is 5.46 Å². The van der Waals surface area contributed by atoms with Gasteiger partial charge in [-0.3, -0.25) is 0 Å². The highest BCUT2D eigenvalue weighted by atomic mass is 16.7. The lowest BCUT2D eigenvalue weighted by Crippen LogP contribution is -2.41. The third-order valence-electron chi connectivity index (χ3n) is 5.52. The lowest BCUT2D eigenvalue weighted by atomic mass is 9.78. The van der Waals surface area contributed by atoms with Crippen LogP contribution in [0.15, 0.2) is 48.5 Å². The average molecular weight is 336 g/mol. The van der Waals surface area contributed by atoms with Gasteiger partial charge in [0, 0.05) is 0 Å². The summed E-state index contributed by atoms with van der Waals surface area (Å²) in [6.45, 7) is 15.0. The molecule has 0 atom stereocenters. The first-order valence-corrected chi connectivity index (χ1v) is 9.06. The molecule has 2 nitrogen and oxygen atoms in total. The fourth-order valence-corrected chi connectivity index (χ4v) is 2.97. The van der Waals surface area contributed by atoms with Crippen LogP contribution in [-0.2, 0) is 14.7 Å². The quantitative estimate of drug-likeness (QED) is 0.723. The van der Waals surface area contributed by atoms with Crippen LogP contribution in [0.4, 0.5) is 0 Å². The third-order valence-corrected chi connectivity index (χ3v) is 5.52. The lowest BCUT2D eigenvalue weighted by Gasteiger charge is -2.32. The lowest BCUT2D eigenvalue weighted by molar-refractivity contribution is 0.00578. The summed E-state index contributed by atoms with van der Waals surface area (Å²) in [7, 11) is -0.303. The minimum Gasteiger partial charge on any atom is -0.399 e. The Labute approximate surface area is 152 Å². The first-order chi connectivity index (χ1) is 11.5. The molecule has 2 aromatic rings. The molecular weight excluding hydrogens is 307 g/mol. The van der Waals surface area contributed by atoms with Gasteiger partial charge in [0.2, 0.25) is 0 Å². The number of hydrogen-bond acceptors (Lipinski definition) is 2. The molecule has 1 fully saturated rings. The summed E-state index contributed by atoms with van der Waals surface area (Å²) in [6.07, 6.45) is 0. The SMILES string of the molecule is CC(C)(C)c1ccc(-c2ccc(B3OC(C)(C)C(C)(C)O3)cc2)cc1. The van der Waals surface area contributed by atoms with E-state index in [1.165, 1.54) is 16.7 Å². The topological polar surface area (TPSA) is 18.5 Å². The molecule has 0 aromatic heterocycles. The monoisotopic (exact) mass is 336 g/mol. The fourth-order valence-electron chi connectivity index (χ4n) is 2.97. The molecule has 132 valence electrons. The van der Waals surface area contributed by atoms with Crippen molar-refractivity contribution in [3.63, 3.8) is 0 Å². The van der Waals surface area contributed by atoms with Gasteiger partial charge in [-0.15, -0.1) is 0 Å². The normalized spacial score (nSPS) is 19.2. The van der Waals surface area contributed by atoms with Gasteiger partial charge < -0.3 is 9.31 Å². The van der Waals surface area contributed by atoms with Crippen LogP contribution in [0.3, 0.4) is 0 Å². The second kappa shape index (κ2) is 6.00. The molecule has 0 aliphatic carbocycles. The third kappa shape index (κ3) is 3.54. The highest BCUT2D eigenvalue weighted by Crippen LogP contribution is 2.36. The van der Waals surface area contributed by atoms with Gasteiger partial charge in [-0.1, -0.05) is 69.3 Å². The zero-order valence-electron chi connectivity index (χ0n) is 16.5. The Bertz CT molecular complexity index is 721. The molecule has 0 spiro atoms. The van der Waals surface area contributed by atoms with Crippen molar-refractivity contribution < 1.29 is 9.31 Å². The number of benzene rings is 2. The maximum absolute atomic E-state index is 6.13. The van der Waals surface area contributed by atoms with Crippen molar-refractivity contribution in [2.24, 2.45) is 0 Å². The molecular formula is C22H29BO2. The number of rotatable bonds is 2. The Hall–Kier alpha value is -1.58. The van der Waals surface area contributed by atoms with Gasteiger partial charge in [0.25, 0.3) is 0 Å². The Morgan fingerprint density at radius 2 is 1.08 bits per heavy atom. The zero-order chi connectivity index (χ0) is 18.5. The molecule has 0 unspecified atom stereocenters. The van der Waals surface area contributed by atoms with Crippen LogP contribution in [0.25, 0.3) is 11.1 Å². The van der Waals surface area contributed by atoms with Crippen LogP contribution in [0.5, 0.6) is 0 Å². The second-order valence-electron chi connectivity index (χ2n) is 9.04. The Balaban J connectivity index is 1.79. The van der Waals surface area contributed by atoms with E-state index in [0.29, 0.717) is 0 Å². The van der Waals surface area contributed by atoms with Gasteiger partial charge in [-0.05, 0) is 55.3 Å². The van der Waals surface area contributed by atoms with Gasteiger partial charge in [0.1, 0.15) is 0 Å². The molecule has 2 aromatic carbocycles. The molecule has 25 heavy (non-hydrogen) atoms. The van der Waals surface area contributed by atoms with E-state index < -0.39 is 0 Å². The first kappa shape index (κ1) is 18.2. The van der Waals surface area contributed by atoms with E-state index in [1.54, 1.807) is 0 Å². The van der Waals surface area contributed by atoms with E-state index in [-0.39, 0.29) is 23.7 Å². The minimum atomic E-state index is -0.306. The van der Waals surface area contributed by atoms with Crippen molar-refractivity contribution in [1.29, 1.82) is 0 Å². The molecule has 0 amide bonds. The molecule has 0 saturated carbocycles. The molecule has 1 aliphatic rings. The summed E-state index contributed by atoms with van der Waals surface area (Å²) >= 11 is 0. The largest absolute Gasteiger partial charge is 0.494 e. The summed E-state index contributed by atoms with van der Waals surface area (Å²) in [4.78, 5) is 0. The van der Waals surface area contributed by atoms with Crippen LogP contribution < -0.4 is 5.46 Å². The van der Waals surface area contributed by atoms with Crippen molar-refractivity contribution >= 4 is 12.6 Å². The van der Waals surface area contributed by atoms with Crippen LogP contribution in [-0.4, -0.2) is 18.3 Å². The van der Waals surface area contributed by atoms with E-state index in [9.17, 15) is 0 Å². The highest BCUT2D eigenvalue weighted by Gasteiger charge is 2.51. The maximum atomic E-state index is 6.13. The molecule has 0 N–H and O–H groups in total. The minimum absolute atomic E-state index is 0.180. The molecule has 0 radical (unpaired) electrons. The number of hydrogen-bond donors (Lipinski definition) is 0. The predicted octanol–water partition coefficient (Wildman–Crippen LogP) is 4.95. The van der Waals surface area contributed by atoms with Crippen LogP contribution in [0, 0.1) is 0 Å². The first-order valence-electron chi connectivity index (χ1n) is 9.06. The summed E-state index contributed by atoms with van der Waals surface area (Å²) in [5.41, 5.74) is 4.42. The summed E-state index contributed by atoms with van der Waals surface area (Å²) in [5.74, 6) is 0. The molecule has 1 saturated heterocycles. The van der Waals surface area contributed by atoms with E-state index in [2.05, 4.69) is 97.0 Å². The van der Waals surface area contributed by atoms with Gasteiger partial charge in [0.15, 0.2) is 0 Å². The van der Waals surface area contributed by atoms with Crippen LogP contribution >= 0.6 is 0 Å². The predicted molar refractivity (Wildman–Crippen MR) is 106 cm³/mol. The molecule has 1 aliphatic heterocycles. The van der Waals surface area contributed by atoms with E-state index >= 15 is 0 Å². The van der Waals surface area contributed by atoms with Gasteiger partial charge in [0.05, 0.1) is 11.2 Å². The molecule has 3 rings (SSSR count). The Morgan fingerprint density at radius 3 is 1.48 bits per heavy atom. The van der Waals surface area contributed by atoms with Crippen molar-refractivity contribution in [2.45, 2.75) is 65.1 Å². The zero-order valence-corrected chi connectivity index (χ0v) is 16.5. The molecule has 0 bridgehead atoms. The van der Waals surface area contributed by atoms with E-state index in [4.69, 9.17) is 9.31 Å². The van der Waals surface area contributed by atoms with Gasteiger partial charge in [-0.25, -0.2) is 0 Å². The van der Waals surface area contributed by atoms with Crippen molar-refractivity contribution in [3.8, 4) is 11.1 Å². The average Bonchev–Trinajstić information content (AvgIpc) is 2.75. The van der Waals surface area contributed by atoms with Gasteiger partial charge >= 0.3 is 7.12 Å². The Kier molecular flexibility index (Phi) is 4.37. The maximum Gasteiger partial charge on any atom is 0.494 e. The van der Waals surface area contributed by atoms with Crippen LogP contribution in [0.1, 0.15) is 54.0 Å². The molecule has 1 heterocycles. The Morgan fingerprint density at radius 1 is 0.680 bits per heavy atom. The highest BCUT2D eigenvalue weighted by molar-refractivity contribution is 6.62. The smallest absolute Gasteiger partial charge is 0.399 e. The standard InChI is InChI=1S/C22H29BO2/c1-20(2,3)18-12-8-16(9-13-18)17-10-14-19(15-11-17)23-24-21(4,5)22(6,7)25-23/h8-15H,1-7H3. The van der Waals surface area contributed by atoms with Gasteiger partial charge in [-0.2, -0.15) is 0 Å². The molecule has 3 heteroatoms. The van der Waals surface area contributed by atoms with Crippen LogP contribution in [0.2, 0.25) is 0 Å². The second-order valence-corrected chi connectivity index (χ2v) is 9.04. The van der Waals surface area contributed by atoms with Crippen molar-refractivity contribution in [2.75, 3.05) is 0 Å². The summed E-state index contributed by atoms with van der Waals surface area (Å²) in [5, 5.41) is 0.